The van der Waals surface area contributed by atoms with Crippen LogP contribution in [0.4, 0.5) is 0 Å². The van der Waals surface area contributed by atoms with Crippen LogP contribution in [0.25, 0.3) is 0 Å². The van der Waals surface area contributed by atoms with Gasteiger partial charge in [-0.2, -0.15) is 0 Å². The Balaban J connectivity index is 1.75. The number of carbonyl (C=O) groups is 3. The molecule has 0 aromatic carbocycles. The van der Waals surface area contributed by atoms with Gasteiger partial charge in [-0.3, -0.25) is 9.59 Å². The molecule has 2 fully saturated rings. The van der Waals surface area contributed by atoms with Crippen LogP contribution < -0.4 is 14.8 Å². The van der Waals surface area contributed by atoms with E-state index in [1.54, 1.807) is 0 Å². The van der Waals surface area contributed by atoms with Crippen LogP contribution in [-0.4, -0.2) is 61.6 Å². The average Bonchev–Trinajstić information content (AvgIpc) is 3.41. The van der Waals surface area contributed by atoms with Crippen LogP contribution in [0.5, 0.6) is 11.5 Å². The minimum absolute atomic E-state index is 0.0160. The van der Waals surface area contributed by atoms with Crippen molar-refractivity contribution in [3.63, 3.8) is 0 Å². The molecule has 2 aliphatic rings. The fourth-order valence-corrected chi connectivity index (χ4v) is 5.50. The molecule has 2 heterocycles. The number of nitrogens with one attached hydrogen (secondary N) is 1. The van der Waals surface area contributed by atoms with Gasteiger partial charge >= 0.3 is 11.9 Å². The number of ether oxygens (including phenoxy) is 5. The van der Waals surface area contributed by atoms with E-state index in [4.69, 9.17) is 23.7 Å². The molecule has 0 spiro atoms. The number of rotatable bonds is 11. The summed E-state index contributed by atoms with van der Waals surface area (Å²) in [5.74, 6) is -0.0542. The summed E-state index contributed by atoms with van der Waals surface area (Å²) >= 11 is 0. The maximum atomic E-state index is 13.3. The summed E-state index contributed by atoms with van der Waals surface area (Å²) in [4.78, 5) is 41.9. The van der Waals surface area contributed by atoms with Crippen molar-refractivity contribution in [2.75, 3.05) is 20.5 Å². The fraction of sp³-hybridized carbons (Fsp3) is 0.724. The number of methoxy groups -OCH3 is 1. The molecule has 1 saturated heterocycles. The van der Waals surface area contributed by atoms with E-state index in [1.807, 2.05) is 6.92 Å². The van der Waals surface area contributed by atoms with Gasteiger partial charge in [0.25, 0.3) is 5.91 Å². The zero-order chi connectivity index (χ0) is 28.4. The van der Waals surface area contributed by atoms with Gasteiger partial charge in [-0.1, -0.05) is 46.0 Å². The van der Waals surface area contributed by atoms with Crippen molar-refractivity contribution in [2.24, 2.45) is 17.8 Å². The van der Waals surface area contributed by atoms with E-state index >= 15 is 0 Å². The first-order chi connectivity index (χ1) is 18.7. The Labute approximate surface area is 231 Å². The Morgan fingerprint density at radius 1 is 1.15 bits per heavy atom. The smallest absolute Gasteiger partial charge is 0.329 e. The second-order valence-electron chi connectivity index (χ2n) is 11.0. The molecule has 0 unspecified atom stereocenters. The van der Waals surface area contributed by atoms with Crippen LogP contribution in [0, 0.1) is 17.8 Å². The van der Waals surface area contributed by atoms with Crippen molar-refractivity contribution >= 4 is 17.8 Å². The number of pyridine rings is 1. The van der Waals surface area contributed by atoms with Gasteiger partial charge in [0.05, 0.1) is 13.2 Å². The summed E-state index contributed by atoms with van der Waals surface area (Å²) in [5.41, 5.74) is -0.0838. The number of amides is 1. The molecule has 1 saturated carbocycles. The van der Waals surface area contributed by atoms with Gasteiger partial charge in [-0.25, -0.2) is 9.78 Å². The second-order valence-corrected chi connectivity index (χ2v) is 11.0. The summed E-state index contributed by atoms with van der Waals surface area (Å²) < 4.78 is 27.9. The predicted molar refractivity (Wildman–Crippen MR) is 143 cm³/mol. The first-order valence-electron chi connectivity index (χ1n) is 14.1. The Bertz CT molecular complexity index is 963. The molecule has 39 heavy (non-hydrogen) atoms. The minimum atomic E-state index is -0.856. The third-order valence-electron chi connectivity index (χ3n) is 7.39. The maximum absolute atomic E-state index is 13.3. The SMILES string of the molecule is COc1ccnc(C(=O)N[C@H]2CCC[C@H](CC3CCCC3)[C@@H](OCC(C)C)[C@H](C)OC2=O)c1OCOC(C)=O. The molecular weight excluding hydrogens is 504 g/mol. The molecule has 1 aromatic rings. The number of aromatic nitrogens is 1. The average molecular weight is 549 g/mol. The largest absolute Gasteiger partial charge is 0.493 e. The Morgan fingerprint density at radius 2 is 1.90 bits per heavy atom. The molecular formula is C29H44N2O8. The fourth-order valence-electron chi connectivity index (χ4n) is 5.50. The molecule has 1 aliphatic heterocycles. The monoisotopic (exact) mass is 548 g/mol. The summed E-state index contributed by atoms with van der Waals surface area (Å²) in [6.45, 7) is 7.55. The summed E-state index contributed by atoms with van der Waals surface area (Å²) in [7, 11) is 1.42. The molecule has 218 valence electrons. The normalized spacial score (nSPS) is 24.3. The zero-order valence-electron chi connectivity index (χ0n) is 23.9. The van der Waals surface area contributed by atoms with Crippen molar-refractivity contribution in [1.29, 1.82) is 0 Å². The molecule has 1 N–H and O–H groups in total. The van der Waals surface area contributed by atoms with Crippen molar-refractivity contribution in [3.8, 4) is 11.5 Å². The van der Waals surface area contributed by atoms with Crippen LogP contribution in [0.15, 0.2) is 12.3 Å². The van der Waals surface area contributed by atoms with E-state index in [2.05, 4.69) is 24.1 Å². The first kappa shape index (κ1) is 30.7. The van der Waals surface area contributed by atoms with Crippen molar-refractivity contribution in [2.45, 2.75) is 97.3 Å². The second kappa shape index (κ2) is 15.1. The lowest BCUT2D eigenvalue weighted by molar-refractivity contribution is -0.162. The van der Waals surface area contributed by atoms with Crippen LogP contribution in [0.2, 0.25) is 0 Å². The Kier molecular flexibility index (Phi) is 11.8. The third-order valence-corrected chi connectivity index (χ3v) is 7.39. The minimum Gasteiger partial charge on any atom is -0.493 e. The van der Waals surface area contributed by atoms with E-state index in [-0.39, 0.29) is 29.2 Å². The molecule has 0 radical (unpaired) electrons. The highest BCUT2D eigenvalue weighted by molar-refractivity contribution is 5.98. The molecule has 3 rings (SSSR count). The van der Waals surface area contributed by atoms with E-state index in [1.165, 1.54) is 52.0 Å². The third kappa shape index (κ3) is 9.08. The van der Waals surface area contributed by atoms with Gasteiger partial charge in [0.2, 0.25) is 6.79 Å². The predicted octanol–water partition coefficient (Wildman–Crippen LogP) is 4.44. The highest BCUT2D eigenvalue weighted by Gasteiger charge is 2.37. The topological polar surface area (TPSA) is 122 Å². The number of esters is 2. The highest BCUT2D eigenvalue weighted by atomic mass is 16.7. The summed E-state index contributed by atoms with van der Waals surface area (Å²) in [5, 5.41) is 2.78. The Morgan fingerprint density at radius 3 is 2.56 bits per heavy atom. The highest BCUT2D eigenvalue weighted by Crippen LogP contribution is 2.36. The number of cyclic esters (lactones) is 1. The van der Waals surface area contributed by atoms with Gasteiger partial charge in [0.1, 0.15) is 12.1 Å². The zero-order valence-corrected chi connectivity index (χ0v) is 23.9. The van der Waals surface area contributed by atoms with Crippen LogP contribution in [0.3, 0.4) is 0 Å². The lowest BCUT2D eigenvalue weighted by Crippen LogP contribution is -2.45. The van der Waals surface area contributed by atoms with Gasteiger partial charge < -0.3 is 29.0 Å². The van der Waals surface area contributed by atoms with Crippen molar-refractivity contribution in [3.05, 3.63) is 18.0 Å². The standard InChI is InChI=1S/C29H44N2O8/c1-18(2)16-36-26-19(3)39-29(34)23(12-8-11-22(26)15-21-9-6-7-10-21)31-28(33)25-27(38-17-37-20(4)32)24(35-5)13-14-30-25/h13-14,18-19,21-23,26H,6-12,15-17H2,1-5H3,(H,31,33)/t19-,22+,23-,26-/m0/s1. The lowest BCUT2D eigenvalue weighted by Gasteiger charge is -2.33. The molecule has 1 amide bonds. The van der Waals surface area contributed by atoms with Gasteiger partial charge in [0.15, 0.2) is 17.2 Å². The Hall–Kier alpha value is -2.88. The first-order valence-corrected chi connectivity index (χ1v) is 14.1. The molecule has 4 atom stereocenters. The number of nitrogens with zero attached hydrogens (tertiary/aromatic N) is 1. The molecule has 1 aliphatic carbocycles. The van der Waals surface area contributed by atoms with Gasteiger partial charge in [0, 0.05) is 25.8 Å². The number of hydrogen-bond acceptors (Lipinski definition) is 9. The number of carbonyl (C=O) groups excluding carboxylic acids is 3. The van der Waals surface area contributed by atoms with Crippen molar-refractivity contribution in [1.82, 2.24) is 10.3 Å². The maximum Gasteiger partial charge on any atom is 0.329 e. The van der Waals surface area contributed by atoms with E-state index in [0.29, 0.717) is 24.9 Å². The van der Waals surface area contributed by atoms with Crippen LogP contribution >= 0.6 is 0 Å². The van der Waals surface area contributed by atoms with E-state index in [0.717, 1.165) is 19.3 Å². The molecule has 0 bridgehead atoms. The van der Waals surface area contributed by atoms with Crippen LogP contribution in [-0.2, 0) is 23.8 Å². The van der Waals surface area contributed by atoms with Crippen LogP contribution in [0.1, 0.15) is 89.5 Å². The molecule has 10 heteroatoms. The summed E-state index contributed by atoms with van der Waals surface area (Å²) in [6.07, 6.45) is 8.95. The number of hydrogen-bond donors (Lipinski definition) is 1. The van der Waals surface area contributed by atoms with Gasteiger partial charge in [-0.05, 0) is 43.9 Å². The van der Waals surface area contributed by atoms with E-state index < -0.39 is 36.8 Å². The lowest BCUT2D eigenvalue weighted by atomic mass is 9.83. The van der Waals surface area contributed by atoms with Crippen molar-refractivity contribution < 1.29 is 38.1 Å². The van der Waals surface area contributed by atoms with E-state index in [9.17, 15) is 14.4 Å². The molecule has 10 nitrogen and oxygen atoms in total. The molecule has 1 aromatic heterocycles. The quantitative estimate of drug-likeness (QED) is 0.316. The van der Waals surface area contributed by atoms with Gasteiger partial charge in [-0.15, -0.1) is 0 Å². The summed E-state index contributed by atoms with van der Waals surface area (Å²) in [6, 6.07) is 0.669.